The largest absolute Gasteiger partial charge is 0.506 e. The summed E-state index contributed by atoms with van der Waals surface area (Å²) in [6.07, 6.45) is -1.39. The highest BCUT2D eigenvalue weighted by atomic mass is 35.5. The molecule has 7 heteroatoms. The van der Waals surface area contributed by atoms with Crippen LogP contribution in [0.2, 0.25) is 5.02 Å². The first-order chi connectivity index (χ1) is 7.56. The first-order valence-electron chi connectivity index (χ1n) is 4.14. The first kappa shape index (κ1) is 11.0. The standard InChI is InChI=1S/C9H5ClO5S/c10-5-2-7-6(15-9(13)16-7)1-4(5)3-14-8(11)12/h1-2H,3H2,(H,11,12). The third kappa shape index (κ3) is 2.17. The van der Waals surface area contributed by atoms with Gasteiger partial charge in [0.15, 0.2) is 0 Å². The molecule has 5 nitrogen and oxygen atoms in total. The predicted octanol–water partition coefficient (Wildman–Crippen LogP) is 2.70. The molecule has 0 aliphatic heterocycles. The number of rotatable bonds is 2. The highest BCUT2D eigenvalue weighted by molar-refractivity contribution is 7.16. The van der Waals surface area contributed by atoms with Crippen molar-refractivity contribution in [3.63, 3.8) is 0 Å². The van der Waals surface area contributed by atoms with E-state index < -0.39 is 11.1 Å². The summed E-state index contributed by atoms with van der Waals surface area (Å²) in [7, 11) is 0. The minimum absolute atomic E-state index is 0.177. The lowest BCUT2D eigenvalue weighted by molar-refractivity contribution is 0.0854. The molecule has 1 aromatic heterocycles. The van der Waals surface area contributed by atoms with Gasteiger partial charge in [0.25, 0.3) is 0 Å². The second kappa shape index (κ2) is 4.15. The Morgan fingerprint density at radius 1 is 1.56 bits per heavy atom. The molecule has 84 valence electrons. The van der Waals surface area contributed by atoms with Gasteiger partial charge >= 0.3 is 11.1 Å². The Morgan fingerprint density at radius 3 is 3.00 bits per heavy atom. The molecule has 1 heterocycles. The van der Waals surface area contributed by atoms with Crippen LogP contribution in [-0.4, -0.2) is 11.3 Å². The summed E-state index contributed by atoms with van der Waals surface area (Å²) in [6.45, 7) is -0.177. The van der Waals surface area contributed by atoms with Gasteiger partial charge in [-0.05, 0) is 12.1 Å². The lowest BCUT2D eigenvalue weighted by Gasteiger charge is -2.02. The van der Waals surface area contributed by atoms with Crippen molar-refractivity contribution < 1.29 is 19.1 Å². The third-order valence-corrected chi connectivity index (χ3v) is 2.99. The van der Waals surface area contributed by atoms with E-state index in [9.17, 15) is 9.59 Å². The second-order valence-corrected chi connectivity index (χ2v) is 4.28. The molecular weight excluding hydrogens is 256 g/mol. The fourth-order valence-electron chi connectivity index (χ4n) is 1.19. The van der Waals surface area contributed by atoms with Crippen molar-refractivity contribution in [1.82, 2.24) is 0 Å². The molecule has 0 fully saturated rings. The van der Waals surface area contributed by atoms with Crippen molar-refractivity contribution in [2.24, 2.45) is 0 Å². The Labute approximate surface area is 97.8 Å². The van der Waals surface area contributed by atoms with Crippen LogP contribution in [0.15, 0.2) is 21.3 Å². The molecule has 1 aromatic carbocycles. The third-order valence-electron chi connectivity index (χ3n) is 1.85. The molecule has 0 aliphatic carbocycles. The van der Waals surface area contributed by atoms with Crippen LogP contribution < -0.4 is 4.94 Å². The first-order valence-corrected chi connectivity index (χ1v) is 5.33. The number of hydrogen-bond acceptors (Lipinski definition) is 5. The number of fused-ring (bicyclic) bond motifs is 1. The monoisotopic (exact) mass is 260 g/mol. The van der Waals surface area contributed by atoms with Gasteiger partial charge in [0.2, 0.25) is 0 Å². The molecule has 0 spiro atoms. The molecule has 0 unspecified atom stereocenters. The number of ether oxygens (including phenoxy) is 1. The van der Waals surface area contributed by atoms with Crippen molar-refractivity contribution in [3.05, 3.63) is 32.5 Å². The van der Waals surface area contributed by atoms with Crippen LogP contribution in [0.25, 0.3) is 10.3 Å². The molecule has 0 saturated heterocycles. The summed E-state index contributed by atoms with van der Waals surface area (Å²) in [4.78, 5) is 20.7. The zero-order valence-electron chi connectivity index (χ0n) is 7.73. The molecule has 2 aromatic rings. The predicted molar refractivity (Wildman–Crippen MR) is 58.2 cm³/mol. The van der Waals surface area contributed by atoms with Crippen LogP contribution in [0.4, 0.5) is 4.79 Å². The van der Waals surface area contributed by atoms with Gasteiger partial charge in [-0.1, -0.05) is 22.9 Å². The average Bonchev–Trinajstić information content (AvgIpc) is 2.53. The summed E-state index contributed by atoms with van der Waals surface area (Å²) in [5, 5.41) is 8.69. The Morgan fingerprint density at radius 2 is 2.31 bits per heavy atom. The highest BCUT2D eigenvalue weighted by Crippen LogP contribution is 2.26. The Hall–Kier alpha value is -1.53. The molecule has 0 atom stereocenters. The van der Waals surface area contributed by atoms with E-state index in [-0.39, 0.29) is 6.61 Å². The van der Waals surface area contributed by atoms with E-state index >= 15 is 0 Å². The molecule has 0 radical (unpaired) electrons. The van der Waals surface area contributed by atoms with Crippen LogP contribution in [0, 0.1) is 0 Å². The molecule has 0 bridgehead atoms. The van der Waals surface area contributed by atoms with Gasteiger partial charge in [0, 0.05) is 10.6 Å². The van der Waals surface area contributed by atoms with E-state index in [4.69, 9.17) is 21.1 Å². The number of carbonyl (C=O) groups is 1. The Balaban J connectivity index is 2.41. The SMILES string of the molecule is O=C(O)OCc1cc2oc(=O)sc2cc1Cl. The van der Waals surface area contributed by atoms with Crippen molar-refractivity contribution in [1.29, 1.82) is 0 Å². The summed E-state index contributed by atoms with van der Waals surface area (Å²) in [6, 6.07) is 3.05. The van der Waals surface area contributed by atoms with Crippen LogP contribution in [0.1, 0.15) is 5.56 Å². The molecular formula is C9H5ClO5S. The van der Waals surface area contributed by atoms with Crippen molar-refractivity contribution in [2.75, 3.05) is 0 Å². The molecule has 1 N–H and O–H groups in total. The van der Waals surface area contributed by atoms with Gasteiger partial charge < -0.3 is 14.3 Å². The van der Waals surface area contributed by atoms with E-state index in [0.29, 0.717) is 20.9 Å². The minimum Gasteiger partial charge on any atom is -0.450 e. The number of hydrogen-bond donors (Lipinski definition) is 1. The lowest BCUT2D eigenvalue weighted by atomic mass is 10.2. The van der Waals surface area contributed by atoms with Crippen molar-refractivity contribution >= 4 is 39.4 Å². The topological polar surface area (TPSA) is 76.7 Å². The number of benzene rings is 1. The van der Waals surface area contributed by atoms with E-state index in [2.05, 4.69) is 4.74 Å². The quantitative estimate of drug-likeness (QED) is 0.840. The summed E-state index contributed by atoms with van der Waals surface area (Å²) >= 11 is 6.82. The van der Waals surface area contributed by atoms with Gasteiger partial charge in [-0.3, -0.25) is 0 Å². The maximum absolute atomic E-state index is 11.0. The van der Waals surface area contributed by atoms with E-state index in [0.717, 1.165) is 11.3 Å². The smallest absolute Gasteiger partial charge is 0.450 e. The number of carboxylic acid groups (broad SMARTS) is 1. The van der Waals surface area contributed by atoms with Crippen molar-refractivity contribution in [2.45, 2.75) is 6.61 Å². The van der Waals surface area contributed by atoms with Gasteiger partial charge in [0.1, 0.15) is 12.2 Å². The summed E-state index contributed by atoms with van der Waals surface area (Å²) in [5.41, 5.74) is 0.835. The maximum atomic E-state index is 11.0. The highest BCUT2D eigenvalue weighted by Gasteiger charge is 2.09. The van der Waals surface area contributed by atoms with Crippen LogP contribution >= 0.6 is 22.9 Å². The number of halogens is 1. The second-order valence-electron chi connectivity index (χ2n) is 2.90. The zero-order valence-corrected chi connectivity index (χ0v) is 9.30. The summed E-state index contributed by atoms with van der Waals surface area (Å²) < 4.78 is 9.87. The van der Waals surface area contributed by atoms with Gasteiger partial charge in [-0.25, -0.2) is 9.59 Å². The molecule has 2 rings (SSSR count). The van der Waals surface area contributed by atoms with Crippen LogP contribution in [0.3, 0.4) is 0 Å². The van der Waals surface area contributed by atoms with Gasteiger partial charge in [-0.2, -0.15) is 0 Å². The molecule has 0 saturated carbocycles. The van der Waals surface area contributed by atoms with Crippen LogP contribution in [0.5, 0.6) is 0 Å². The maximum Gasteiger partial charge on any atom is 0.506 e. The zero-order chi connectivity index (χ0) is 11.7. The van der Waals surface area contributed by atoms with E-state index in [1.807, 2.05) is 0 Å². The lowest BCUT2D eigenvalue weighted by Crippen LogP contribution is -2.00. The minimum atomic E-state index is -1.39. The molecule has 0 amide bonds. The average molecular weight is 261 g/mol. The normalized spacial score (nSPS) is 10.6. The van der Waals surface area contributed by atoms with Gasteiger partial charge in [-0.15, -0.1) is 0 Å². The Bertz CT molecular complexity index is 599. The molecule has 16 heavy (non-hydrogen) atoms. The van der Waals surface area contributed by atoms with Crippen LogP contribution in [-0.2, 0) is 11.3 Å². The van der Waals surface area contributed by atoms with Crippen molar-refractivity contribution in [3.8, 4) is 0 Å². The van der Waals surface area contributed by atoms with Gasteiger partial charge in [0.05, 0.1) is 4.70 Å². The fourth-order valence-corrected chi connectivity index (χ4v) is 2.16. The fraction of sp³-hybridized carbons (Fsp3) is 0.111. The van der Waals surface area contributed by atoms with E-state index in [1.54, 1.807) is 6.07 Å². The summed E-state index contributed by atoms with van der Waals surface area (Å²) in [5.74, 6) is 0. The Kier molecular flexibility index (Phi) is 2.84. The molecule has 0 aliphatic rings. The van der Waals surface area contributed by atoms with E-state index in [1.165, 1.54) is 6.07 Å².